The lowest BCUT2D eigenvalue weighted by atomic mass is 10.2. The van der Waals surface area contributed by atoms with E-state index >= 15 is 0 Å². The molecule has 0 saturated heterocycles. The number of aromatic nitrogens is 3. The molecule has 4 nitrogen and oxygen atoms in total. The molecule has 0 aliphatic carbocycles. The minimum absolute atomic E-state index is 0.0372. The first-order valence-corrected chi connectivity index (χ1v) is 8.17. The maximum Gasteiger partial charge on any atom is 0.287 e. The summed E-state index contributed by atoms with van der Waals surface area (Å²) in [6, 6.07) is 7.41. The molecule has 3 aromatic rings. The fourth-order valence-electron chi connectivity index (χ4n) is 1.82. The van der Waals surface area contributed by atoms with Crippen LogP contribution in [0.15, 0.2) is 40.6 Å². The minimum Gasteiger partial charge on any atom is -0.266 e. The number of hydrogen-bond donors (Lipinski definition) is 0. The standard InChI is InChI=1S/C14H8Cl3N3OS/c15-9-3-1-8(2-4-9)13-19-10(7-22-13)6-20-14(21)12(17)11(16)5-18-20/h1-5,7H,6H2. The van der Waals surface area contributed by atoms with E-state index in [1.165, 1.54) is 22.2 Å². The Morgan fingerprint density at radius 1 is 1.14 bits per heavy atom. The van der Waals surface area contributed by atoms with Gasteiger partial charge in [-0.3, -0.25) is 4.79 Å². The zero-order chi connectivity index (χ0) is 15.7. The Labute approximate surface area is 144 Å². The van der Waals surface area contributed by atoms with Crippen LogP contribution in [0.1, 0.15) is 5.69 Å². The van der Waals surface area contributed by atoms with Gasteiger partial charge in [-0.25, -0.2) is 9.67 Å². The Morgan fingerprint density at radius 2 is 1.86 bits per heavy atom. The predicted molar refractivity (Wildman–Crippen MR) is 90.2 cm³/mol. The lowest BCUT2D eigenvalue weighted by molar-refractivity contribution is 0.631. The molecule has 0 saturated carbocycles. The molecule has 0 spiro atoms. The van der Waals surface area contributed by atoms with Crippen molar-refractivity contribution < 1.29 is 0 Å². The fraction of sp³-hybridized carbons (Fsp3) is 0.0714. The van der Waals surface area contributed by atoms with Crippen LogP contribution >= 0.6 is 46.1 Å². The quantitative estimate of drug-likeness (QED) is 0.685. The molecule has 0 amide bonds. The van der Waals surface area contributed by atoms with Crippen molar-refractivity contribution in [3.63, 3.8) is 0 Å². The fourth-order valence-corrected chi connectivity index (χ4v) is 3.03. The van der Waals surface area contributed by atoms with Crippen LogP contribution in [0.4, 0.5) is 0 Å². The van der Waals surface area contributed by atoms with E-state index in [1.54, 1.807) is 0 Å². The van der Waals surface area contributed by atoms with Crippen LogP contribution in [0.3, 0.4) is 0 Å². The van der Waals surface area contributed by atoms with Gasteiger partial charge in [-0.15, -0.1) is 11.3 Å². The highest BCUT2D eigenvalue weighted by Gasteiger charge is 2.10. The lowest BCUT2D eigenvalue weighted by Crippen LogP contribution is -2.23. The van der Waals surface area contributed by atoms with Gasteiger partial charge in [-0.1, -0.05) is 46.9 Å². The summed E-state index contributed by atoms with van der Waals surface area (Å²) >= 11 is 18.9. The van der Waals surface area contributed by atoms with Gasteiger partial charge < -0.3 is 0 Å². The van der Waals surface area contributed by atoms with E-state index in [0.29, 0.717) is 5.02 Å². The highest BCUT2D eigenvalue weighted by Crippen LogP contribution is 2.25. The minimum atomic E-state index is -0.435. The van der Waals surface area contributed by atoms with Gasteiger partial charge in [0.15, 0.2) is 0 Å². The summed E-state index contributed by atoms with van der Waals surface area (Å²) in [7, 11) is 0. The predicted octanol–water partition coefficient (Wildman–Crippen LogP) is 4.38. The summed E-state index contributed by atoms with van der Waals surface area (Å²) in [5.41, 5.74) is 1.26. The highest BCUT2D eigenvalue weighted by atomic mass is 35.5. The summed E-state index contributed by atoms with van der Waals surface area (Å²) in [4.78, 5) is 16.5. The molecule has 2 aromatic heterocycles. The number of rotatable bonds is 3. The zero-order valence-corrected chi connectivity index (χ0v) is 14.0. The van der Waals surface area contributed by atoms with Gasteiger partial charge in [0.1, 0.15) is 10.0 Å². The van der Waals surface area contributed by atoms with Crippen molar-refractivity contribution in [2.75, 3.05) is 0 Å². The number of benzene rings is 1. The average molecular weight is 373 g/mol. The van der Waals surface area contributed by atoms with E-state index in [4.69, 9.17) is 34.8 Å². The Bertz CT molecular complexity index is 874. The molecule has 0 bridgehead atoms. The van der Waals surface area contributed by atoms with Gasteiger partial charge in [0.25, 0.3) is 5.56 Å². The van der Waals surface area contributed by atoms with Crippen LogP contribution in [0.2, 0.25) is 15.1 Å². The second-order valence-corrected chi connectivity index (χ2v) is 6.50. The van der Waals surface area contributed by atoms with Crippen LogP contribution in [0.5, 0.6) is 0 Å². The molecule has 112 valence electrons. The van der Waals surface area contributed by atoms with Crippen molar-refractivity contribution in [2.24, 2.45) is 0 Å². The summed E-state index contributed by atoms with van der Waals surface area (Å²) in [5, 5.41) is 7.46. The van der Waals surface area contributed by atoms with E-state index in [2.05, 4.69) is 10.1 Å². The lowest BCUT2D eigenvalue weighted by Gasteiger charge is -2.03. The van der Waals surface area contributed by atoms with Gasteiger partial charge in [0.05, 0.1) is 23.5 Å². The zero-order valence-electron chi connectivity index (χ0n) is 11.0. The Kier molecular flexibility index (Phi) is 4.49. The molecule has 0 atom stereocenters. The SMILES string of the molecule is O=c1c(Cl)c(Cl)cnn1Cc1csc(-c2ccc(Cl)cc2)n1. The van der Waals surface area contributed by atoms with Gasteiger partial charge >= 0.3 is 0 Å². The third kappa shape index (κ3) is 3.17. The van der Waals surface area contributed by atoms with Gasteiger partial charge in [0, 0.05) is 16.0 Å². The summed E-state index contributed by atoms with van der Waals surface area (Å²) in [6.07, 6.45) is 1.35. The second-order valence-electron chi connectivity index (χ2n) is 4.42. The van der Waals surface area contributed by atoms with E-state index in [-0.39, 0.29) is 16.6 Å². The molecule has 1 aromatic carbocycles. The van der Waals surface area contributed by atoms with Crippen molar-refractivity contribution >= 4 is 46.1 Å². The Hall–Kier alpha value is -1.40. The molecule has 0 radical (unpaired) electrons. The molecule has 22 heavy (non-hydrogen) atoms. The van der Waals surface area contributed by atoms with Crippen LogP contribution in [0.25, 0.3) is 10.6 Å². The number of nitrogens with zero attached hydrogens (tertiary/aromatic N) is 3. The molecular formula is C14H8Cl3N3OS. The van der Waals surface area contributed by atoms with E-state index in [0.717, 1.165) is 16.3 Å². The molecule has 8 heteroatoms. The van der Waals surface area contributed by atoms with Gasteiger partial charge in [0.2, 0.25) is 0 Å². The Morgan fingerprint density at radius 3 is 2.59 bits per heavy atom. The molecule has 0 aliphatic heterocycles. The number of hydrogen-bond acceptors (Lipinski definition) is 4. The molecule has 0 unspecified atom stereocenters. The molecule has 0 aliphatic rings. The van der Waals surface area contributed by atoms with E-state index in [1.807, 2.05) is 29.6 Å². The smallest absolute Gasteiger partial charge is 0.266 e. The second kappa shape index (κ2) is 6.38. The first kappa shape index (κ1) is 15.5. The van der Waals surface area contributed by atoms with Crippen molar-refractivity contribution in [3.8, 4) is 10.6 Å². The maximum atomic E-state index is 12.0. The first-order chi connectivity index (χ1) is 10.5. The summed E-state index contributed by atoms with van der Waals surface area (Å²) in [6.45, 7) is 0.236. The maximum absolute atomic E-state index is 12.0. The summed E-state index contributed by atoms with van der Waals surface area (Å²) in [5.74, 6) is 0. The molecule has 0 fully saturated rings. The number of thiazole rings is 1. The normalized spacial score (nSPS) is 10.9. The largest absolute Gasteiger partial charge is 0.287 e. The molecule has 3 rings (SSSR count). The van der Waals surface area contributed by atoms with Gasteiger partial charge in [-0.05, 0) is 12.1 Å². The van der Waals surface area contributed by atoms with Crippen LogP contribution in [-0.2, 0) is 6.54 Å². The third-order valence-corrected chi connectivity index (χ3v) is 4.84. The van der Waals surface area contributed by atoms with Crippen molar-refractivity contribution in [2.45, 2.75) is 6.54 Å². The Balaban J connectivity index is 1.87. The van der Waals surface area contributed by atoms with Crippen LogP contribution in [-0.4, -0.2) is 14.8 Å². The number of halogens is 3. The van der Waals surface area contributed by atoms with Crippen molar-refractivity contribution in [1.82, 2.24) is 14.8 Å². The molecule has 2 heterocycles. The monoisotopic (exact) mass is 371 g/mol. The van der Waals surface area contributed by atoms with Crippen molar-refractivity contribution in [1.29, 1.82) is 0 Å². The van der Waals surface area contributed by atoms with Crippen molar-refractivity contribution in [3.05, 3.63) is 67.0 Å². The van der Waals surface area contributed by atoms with Gasteiger partial charge in [-0.2, -0.15) is 5.10 Å². The van der Waals surface area contributed by atoms with Crippen LogP contribution < -0.4 is 5.56 Å². The van der Waals surface area contributed by atoms with E-state index < -0.39 is 5.56 Å². The highest BCUT2D eigenvalue weighted by molar-refractivity contribution is 7.13. The molecular weight excluding hydrogens is 365 g/mol. The average Bonchev–Trinajstić information content (AvgIpc) is 2.97. The summed E-state index contributed by atoms with van der Waals surface area (Å²) < 4.78 is 1.23. The van der Waals surface area contributed by atoms with E-state index in [9.17, 15) is 4.79 Å². The third-order valence-electron chi connectivity index (χ3n) is 2.90. The molecule has 0 N–H and O–H groups in total. The first-order valence-electron chi connectivity index (χ1n) is 6.16. The van der Waals surface area contributed by atoms with Crippen LogP contribution in [0, 0.1) is 0 Å². The topological polar surface area (TPSA) is 47.8 Å².